The van der Waals surface area contributed by atoms with Crippen LogP contribution in [0.15, 0.2) is 11.8 Å². The number of carbonyl (C=O) groups is 1. The fraction of sp³-hybridized carbons (Fsp3) is 0.700. The Morgan fingerprint density at radius 2 is 2.06 bits per heavy atom. The fourth-order valence-corrected chi connectivity index (χ4v) is 1.57. The van der Waals surface area contributed by atoms with E-state index in [9.17, 15) is 20.1 Å². The molecule has 16 heavy (non-hydrogen) atoms. The summed E-state index contributed by atoms with van der Waals surface area (Å²) in [5.41, 5.74) is 0. The van der Waals surface area contributed by atoms with Crippen LogP contribution in [0.1, 0.15) is 13.8 Å². The average Bonchev–Trinajstić information content (AvgIpc) is 2.20. The van der Waals surface area contributed by atoms with Crippen LogP contribution >= 0.6 is 0 Å². The molecular formula is C10H16O6. The van der Waals surface area contributed by atoms with Gasteiger partial charge in [0.2, 0.25) is 5.76 Å². The molecule has 6 heteroatoms. The van der Waals surface area contributed by atoms with E-state index in [1.54, 1.807) is 6.92 Å². The maximum absolute atomic E-state index is 10.7. The van der Waals surface area contributed by atoms with Gasteiger partial charge in [0.05, 0.1) is 12.2 Å². The summed E-state index contributed by atoms with van der Waals surface area (Å²) >= 11 is 0. The second kappa shape index (κ2) is 4.82. The summed E-state index contributed by atoms with van der Waals surface area (Å²) in [7, 11) is 0. The second-order valence-corrected chi connectivity index (χ2v) is 4.00. The number of aliphatic hydroxyl groups excluding tert-OH is 3. The molecule has 0 aromatic rings. The number of carboxylic acids is 1. The van der Waals surface area contributed by atoms with E-state index in [0.717, 1.165) is 6.08 Å². The van der Waals surface area contributed by atoms with E-state index in [1.165, 1.54) is 6.92 Å². The summed E-state index contributed by atoms with van der Waals surface area (Å²) in [5.74, 6) is -2.21. The topological polar surface area (TPSA) is 107 Å². The minimum Gasteiger partial charge on any atom is -0.480 e. The summed E-state index contributed by atoms with van der Waals surface area (Å²) in [6, 6.07) is 0. The van der Waals surface area contributed by atoms with Gasteiger partial charge in [-0.2, -0.15) is 0 Å². The van der Waals surface area contributed by atoms with Crippen molar-refractivity contribution in [3.05, 3.63) is 11.8 Å². The molecule has 0 saturated heterocycles. The third kappa shape index (κ3) is 2.52. The van der Waals surface area contributed by atoms with Gasteiger partial charge in [-0.1, -0.05) is 6.92 Å². The molecule has 0 aromatic heterocycles. The number of rotatable bonds is 3. The molecule has 1 aliphatic rings. The molecule has 0 unspecified atom stereocenters. The summed E-state index contributed by atoms with van der Waals surface area (Å²) < 4.78 is 5.05. The van der Waals surface area contributed by atoms with Gasteiger partial charge in [0.15, 0.2) is 0 Å². The molecule has 0 radical (unpaired) electrons. The van der Waals surface area contributed by atoms with Crippen LogP contribution in [0.3, 0.4) is 0 Å². The second-order valence-electron chi connectivity index (χ2n) is 4.00. The Balaban J connectivity index is 2.89. The van der Waals surface area contributed by atoms with Gasteiger partial charge in [-0.05, 0) is 13.0 Å². The molecule has 0 amide bonds. The number of carboxylic acid groups (broad SMARTS) is 1. The summed E-state index contributed by atoms with van der Waals surface area (Å²) in [5, 5.41) is 37.2. The van der Waals surface area contributed by atoms with E-state index in [4.69, 9.17) is 9.84 Å². The Kier molecular flexibility index (Phi) is 3.90. The Morgan fingerprint density at radius 3 is 2.50 bits per heavy atom. The highest BCUT2D eigenvalue weighted by atomic mass is 16.5. The molecule has 6 nitrogen and oxygen atoms in total. The lowest BCUT2D eigenvalue weighted by Gasteiger charge is -2.35. The Bertz CT molecular complexity index is 298. The quantitative estimate of drug-likeness (QED) is 0.502. The predicted molar refractivity (Wildman–Crippen MR) is 53.5 cm³/mol. The number of ether oxygens (including phenoxy) is 1. The molecule has 1 rings (SSSR count). The highest BCUT2D eigenvalue weighted by Gasteiger charge is 2.38. The highest BCUT2D eigenvalue weighted by Crippen LogP contribution is 2.26. The monoisotopic (exact) mass is 232 g/mol. The first kappa shape index (κ1) is 13.0. The van der Waals surface area contributed by atoms with E-state index in [2.05, 4.69) is 0 Å². The first-order valence-electron chi connectivity index (χ1n) is 5.00. The van der Waals surface area contributed by atoms with E-state index < -0.39 is 42.1 Å². The van der Waals surface area contributed by atoms with Gasteiger partial charge in [-0.25, -0.2) is 4.79 Å². The van der Waals surface area contributed by atoms with Crippen molar-refractivity contribution in [3.63, 3.8) is 0 Å². The van der Waals surface area contributed by atoms with E-state index in [1.807, 2.05) is 0 Å². The van der Waals surface area contributed by atoms with E-state index in [0.29, 0.717) is 0 Å². The molecule has 0 bridgehead atoms. The minimum absolute atomic E-state index is 0.407. The Labute approximate surface area is 92.8 Å². The van der Waals surface area contributed by atoms with Crippen LogP contribution in [0.25, 0.3) is 0 Å². The van der Waals surface area contributed by atoms with Crippen molar-refractivity contribution in [2.45, 2.75) is 38.3 Å². The highest BCUT2D eigenvalue weighted by molar-refractivity contribution is 5.84. The van der Waals surface area contributed by atoms with Crippen molar-refractivity contribution < 1.29 is 30.0 Å². The molecule has 0 fully saturated rings. The zero-order valence-electron chi connectivity index (χ0n) is 9.07. The Morgan fingerprint density at radius 1 is 1.50 bits per heavy atom. The minimum atomic E-state index is -1.31. The van der Waals surface area contributed by atoms with Crippen LogP contribution in [-0.2, 0) is 9.53 Å². The standard InChI is InChI=1S/C10H16O6/c1-4-6(12)3-7(10(14)15)16-9(4)8(13)5(2)11/h3-6,8-9,11-13H,1-2H3,(H,14,15)/t4-,5-,6+,8-,9-/m1/s1. The molecule has 0 aliphatic carbocycles. The van der Waals surface area contributed by atoms with Crippen molar-refractivity contribution in [1.82, 2.24) is 0 Å². The van der Waals surface area contributed by atoms with Gasteiger partial charge in [0.1, 0.15) is 12.2 Å². The molecule has 0 saturated carbocycles. The van der Waals surface area contributed by atoms with Gasteiger partial charge in [0.25, 0.3) is 0 Å². The Hall–Kier alpha value is -1.11. The summed E-state index contributed by atoms with van der Waals surface area (Å²) in [6.45, 7) is 2.97. The number of hydrogen-bond acceptors (Lipinski definition) is 5. The van der Waals surface area contributed by atoms with Crippen LogP contribution in [-0.4, -0.2) is 50.8 Å². The number of hydrogen-bond donors (Lipinski definition) is 4. The van der Waals surface area contributed by atoms with Crippen molar-refractivity contribution in [2.24, 2.45) is 5.92 Å². The van der Waals surface area contributed by atoms with Gasteiger partial charge in [-0.15, -0.1) is 0 Å². The van der Waals surface area contributed by atoms with Crippen LogP contribution in [0, 0.1) is 5.92 Å². The predicted octanol–water partition coefficient (Wildman–Crippen LogP) is -0.908. The fourth-order valence-electron chi connectivity index (χ4n) is 1.57. The van der Waals surface area contributed by atoms with Crippen molar-refractivity contribution in [2.75, 3.05) is 0 Å². The smallest absolute Gasteiger partial charge is 0.370 e. The van der Waals surface area contributed by atoms with Crippen molar-refractivity contribution >= 4 is 5.97 Å². The third-order valence-corrected chi connectivity index (χ3v) is 2.68. The third-order valence-electron chi connectivity index (χ3n) is 2.68. The molecule has 92 valence electrons. The largest absolute Gasteiger partial charge is 0.480 e. The normalized spacial score (nSPS) is 33.6. The zero-order chi connectivity index (χ0) is 12.5. The molecule has 1 aliphatic heterocycles. The summed E-state index contributed by atoms with van der Waals surface area (Å²) in [6.07, 6.45) is -3.18. The van der Waals surface area contributed by atoms with Gasteiger partial charge in [0, 0.05) is 5.92 Å². The van der Waals surface area contributed by atoms with Crippen LogP contribution in [0.4, 0.5) is 0 Å². The summed E-state index contributed by atoms with van der Waals surface area (Å²) in [4.78, 5) is 10.7. The van der Waals surface area contributed by atoms with E-state index >= 15 is 0 Å². The first-order valence-corrected chi connectivity index (χ1v) is 5.00. The lowest BCUT2D eigenvalue weighted by atomic mass is 9.89. The van der Waals surface area contributed by atoms with Gasteiger partial charge < -0.3 is 25.2 Å². The molecular weight excluding hydrogens is 216 g/mol. The zero-order valence-corrected chi connectivity index (χ0v) is 9.07. The van der Waals surface area contributed by atoms with Crippen LogP contribution in [0.2, 0.25) is 0 Å². The first-order chi connectivity index (χ1) is 7.34. The molecule has 1 heterocycles. The van der Waals surface area contributed by atoms with E-state index in [-0.39, 0.29) is 0 Å². The van der Waals surface area contributed by atoms with Crippen LogP contribution < -0.4 is 0 Å². The number of aliphatic hydroxyl groups is 3. The number of aliphatic carboxylic acids is 1. The van der Waals surface area contributed by atoms with Gasteiger partial charge in [-0.3, -0.25) is 0 Å². The van der Waals surface area contributed by atoms with Gasteiger partial charge >= 0.3 is 5.97 Å². The van der Waals surface area contributed by atoms with Crippen molar-refractivity contribution in [3.8, 4) is 0 Å². The maximum Gasteiger partial charge on any atom is 0.370 e. The average molecular weight is 232 g/mol. The molecule has 0 aromatic carbocycles. The SMILES string of the molecule is C[C@H]1[C@H]([C@H](O)[C@@H](C)O)OC(C(=O)O)=C[C@@H]1O. The molecule has 4 N–H and O–H groups in total. The van der Waals surface area contributed by atoms with Crippen LogP contribution in [0.5, 0.6) is 0 Å². The lowest BCUT2D eigenvalue weighted by molar-refractivity contribution is -0.148. The lowest BCUT2D eigenvalue weighted by Crippen LogP contribution is -2.47. The molecule has 5 atom stereocenters. The molecule has 0 spiro atoms. The van der Waals surface area contributed by atoms with Crippen molar-refractivity contribution in [1.29, 1.82) is 0 Å². The maximum atomic E-state index is 10.7.